The zero-order valence-corrected chi connectivity index (χ0v) is 19.6. The summed E-state index contributed by atoms with van der Waals surface area (Å²) in [6, 6.07) is 20.2. The van der Waals surface area contributed by atoms with Crippen LogP contribution in [0.15, 0.2) is 75.6 Å². The summed E-state index contributed by atoms with van der Waals surface area (Å²) in [5.41, 5.74) is 3.37. The second-order valence-corrected chi connectivity index (χ2v) is 8.32. The summed E-state index contributed by atoms with van der Waals surface area (Å²) >= 11 is 8.77. The molecule has 32 heavy (non-hydrogen) atoms. The number of oxazole rings is 1. The zero-order chi connectivity index (χ0) is 22.5. The molecule has 1 heterocycles. The summed E-state index contributed by atoms with van der Waals surface area (Å²) < 4.78 is 12.4. The predicted molar refractivity (Wildman–Crippen MR) is 133 cm³/mol. The van der Waals surface area contributed by atoms with Crippen molar-refractivity contribution in [2.45, 2.75) is 13.3 Å². The molecule has 0 bridgehead atoms. The Kier molecular flexibility index (Phi) is 6.82. The maximum atomic E-state index is 12.5. The number of aromatic nitrogens is 1. The first kappa shape index (κ1) is 22.0. The lowest BCUT2D eigenvalue weighted by Crippen LogP contribution is -2.34. The summed E-state index contributed by atoms with van der Waals surface area (Å²) in [4.78, 5) is 17.1. The van der Waals surface area contributed by atoms with E-state index in [1.807, 2.05) is 55.5 Å². The molecular formula is C24H20BrN3O3S. The number of rotatable bonds is 6. The van der Waals surface area contributed by atoms with Crippen molar-refractivity contribution >= 4 is 56.0 Å². The van der Waals surface area contributed by atoms with Crippen LogP contribution in [0.3, 0.4) is 0 Å². The molecule has 0 aliphatic rings. The van der Waals surface area contributed by atoms with Crippen molar-refractivity contribution in [3.05, 3.63) is 76.8 Å². The van der Waals surface area contributed by atoms with Crippen molar-refractivity contribution < 1.29 is 13.9 Å². The van der Waals surface area contributed by atoms with Crippen molar-refractivity contribution in [1.82, 2.24) is 10.3 Å². The Morgan fingerprint density at radius 3 is 2.78 bits per heavy atom. The number of anilines is 1. The Bertz CT molecular complexity index is 1290. The van der Waals surface area contributed by atoms with E-state index < -0.39 is 0 Å². The molecule has 0 radical (unpaired) electrons. The highest BCUT2D eigenvalue weighted by Crippen LogP contribution is 2.27. The fourth-order valence-electron chi connectivity index (χ4n) is 3.03. The quantitative estimate of drug-likeness (QED) is 0.302. The molecule has 0 saturated heterocycles. The average molecular weight is 510 g/mol. The van der Waals surface area contributed by atoms with E-state index in [9.17, 15) is 4.79 Å². The van der Waals surface area contributed by atoms with E-state index in [0.29, 0.717) is 40.6 Å². The van der Waals surface area contributed by atoms with E-state index in [4.69, 9.17) is 21.4 Å². The van der Waals surface area contributed by atoms with Crippen LogP contribution in [0.4, 0.5) is 5.69 Å². The van der Waals surface area contributed by atoms with Gasteiger partial charge in [0.15, 0.2) is 10.7 Å². The van der Waals surface area contributed by atoms with Gasteiger partial charge in [0, 0.05) is 21.3 Å². The minimum atomic E-state index is -0.316. The van der Waals surface area contributed by atoms with Crippen LogP contribution in [0.2, 0.25) is 0 Å². The SMILES string of the molecule is CCCOc1cccc(C(=O)NC(=S)Nc2ccc3oc(-c4cccc(Br)c4)nc3c2)c1. The number of carbonyl (C=O) groups is 1. The highest BCUT2D eigenvalue weighted by atomic mass is 79.9. The first-order valence-corrected chi connectivity index (χ1v) is 11.2. The summed E-state index contributed by atoms with van der Waals surface area (Å²) in [5, 5.41) is 5.90. The van der Waals surface area contributed by atoms with Crippen molar-refractivity contribution in [1.29, 1.82) is 0 Å². The maximum Gasteiger partial charge on any atom is 0.257 e. The lowest BCUT2D eigenvalue weighted by molar-refractivity contribution is 0.0977. The zero-order valence-electron chi connectivity index (χ0n) is 17.2. The minimum Gasteiger partial charge on any atom is -0.494 e. The minimum absolute atomic E-state index is 0.185. The molecular weight excluding hydrogens is 490 g/mol. The highest BCUT2D eigenvalue weighted by molar-refractivity contribution is 9.10. The number of nitrogens with zero attached hydrogens (tertiary/aromatic N) is 1. The average Bonchev–Trinajstić information content (AvgIpc) is 3.21. The Hall–Kier alpha value is -3.23. The van der Waals surface area contributed by atoms with E-state index in [1.165, 1.54) is 0 Å². The van der Waals surface area contributed by atoms with Gasteiger partial charge in [-0.05, 0) is 73.2 Å². The number of benzene rings is 3. The second-order valence-electron chi connectivity index (χ2n) is 7.00. The van der Waals surface area contributed by atoms with Gasteiger partial charge in [0.05, 0.1) is 6.61 Å². The van der Waals surface area contributed by atoms with Gasteiger partial charge in [-0.3, -0.25) is 10.1 Å². The Labute approximate surface area is 199 Å². The molecule has 4 aromatic rings. The van der Waals surface area contributed by atoms with Crippen LogP contribution < -0.4 is 15.4 Å². The monoisotopic (exact) mass is 509 g/mol. The smallest absolute Gasteiger partial charge is 0.257 e. The summed E-state index contributed by atoms with van der Waals surface area (Å²) in [5.74, 6) is 0.861. The third-order valence-electron chi connectivity index (χ3n) is 4.51. The van der Waals surface area contributed by atoms with Crippen molar-refractivity contribution in [3.63, 3.8) is 0 Å². The summed E-state index contributed by atoms with van der Waals surface area (Å²) in [6.45, 7) is 2.62. The van der Waals surface area contributed by atoms with Crippen molar-refractivity contribution in [2.75, 3.05) is 11.9 Å². The largest absolute Gasteiger partial charge is 0.494 e. The van der Waals surface area contributed by atoms with Gasteiger partial charge in [-0.2, -0.15) is 0 Å². The van der Waals surface area contributed by atoms with Gasteiger partial charge in [0.2, 0.25) is 5.89 Å². The topological polar surface area (TPSA) is 76.4 Å². The molecule has 3 aromatic carbocycles. The fraction of sp³-hybridized carbons (Fsp3) is 0.125. The third kappa shape index (κ3) is 5.33. The fourth-order valence-corrected chi connectivity index (χ4v) is 3.64. The van der Waals surface area contributed by atoms with Crippen LogP contribution >= 0.6 is 28.1 Å². The molecule has 8 heteroatoms. The van der Waals surface area contributed by atoms with E-state index in [0.717, 1.165) is 16.5 Å². The Morgan fingerprint density at radius 2 is 1.97 bits per heavy atom. The number of thiocarbonyl (C=S) groups is 1. The molecule has 1 aromatic heterocycles. The van der Waals surface area contributed by atoms with Crippen molar-refractivity contribution in [2.24, 2.45) is 0 Å². The van der Waals surface area contributed by atoms with Gasteiger partial charge >= 0.3 is 0 Å². The van der Waals surface area contributed by atoms with Crippen LogP contribution in [0.25, 0.3) is 22.6 Å². The molecule has 1 amide bonds. The van der Waals surface area contributed by atoms with E-state index >= 15 is 0 Å². The van der Waals surface area contributed by atoms with Crippen LogP contribution in [-0.2, 0) is 0 Å². The van der Waals surface area contributed by atoms with Crippen LogP contribution in [-0.4, -0.2) is 22.6 Å². The Morgan fingerprint density at radius 1 is 1.12 bits per heavy atom. The number of fused-ring (bicyclic) bond motifs is 1. The predicted octanol–water partition coefficient (Wildman–Crippen LogP) is 6.17. The van der Waals surface area contributed by atoms with Gasteiger partial charge < -0.3 is 14.5 Å². The van der Waals surface area contributed by atoms with Gasteiger partial charge in [-0.1, -0.05) is 35.0 Å². The van der Waals surface area contributed by atoms with Crippen LogP contribution in [0, 0.1) is 0 Å². The van der Waals surface area contributed by atoms with E-state index in [1.54, 1.807) is 18.2 Å². The molecule has 0 fully saturated rings. The standard InChI is InChI=1S/C24H20BrN3O3S/c1-2-11-30-19-8-4-5-15(13-19)22(29)28-24(32)26-18-9-10-21-20(14-18)27-23(31-21)16-6-3-7-17(25)12-16/h3-10,12-14H,2,11H2,1H3,(H2,26,28,29,32). The number of hydrogen-bond donors (Lipinski definition) is 2. The van der Waals surface area contributed by atoms with Gasteiger partial charge in [0.25, 0.3) is 5.91 Å². The summed E-state index contributed by atoms with van der Waals surface area (Å²) in [6.07, 6.45) is 0.894. The van der Waals surface area contributed by atoms with Crippen molar-refractivity contribution in [3.8, 4) is 17.2 Å². The van der Waals surface area contributed by atoms with E-state index in [2.05, 4.69) is 31.5 Å². The number of halogens is 1. The highest BCUT2D eigenvalue weighted by Gasteiger charge is 2.12. The molecule has 6 nitrogen and oxygen atoms in total. The molecule has 0 saturated carbocycles. The number of amides is 1. The Balaban J connectivity index is 1.44. The normalized spacial score (nSPS) is 10.7. The number of ether oxygens (including phenoxy) is 1. The molecule has 0 aliphatic heterocycles. The van der Waals surface area contributed by atoms with Gasteiger partial charge in [-0.25, -0.2) is 4.98 Å². The molecule has 0 atom stereocenters. The molecule has 4 rings (SSSR count). The molecule has 2 N–H and O–H groups in total. The molecule has 162 valence electrons. The number of nitrogens with one attached hydrogen (secondary N) is 2. The van der Waals surface area contributed by atoms with Gasteiger partial charge in [-0.15, -0.1) is 0 Å². The molecule has 0 spiro atoms. The number of carbonyl (C=O) groups excluding carboxylic acids is 1. The molecule has 0 aliphatic carbocycles. The maximum absolute atomic E-state index is 12.5. The van der Waals surface area contributed by atoms with Crippen LogP contribution in [0.1, 0.15) is 23.7 Å². The second kappa shape index (κ2) is 9.93. The summed E-state index contributed by atoms with van der Waals surface area (Å²) in [7, 11) is 0. The first-order valence-electron chi connectivity index (χ1n) is 10.0. The lowest BCUT2D eigenvalue weighted by atomic mass is 10.2. The van der Waals surface area contributed by atoms with Gasteiger partial charge in [0.1, 0.15) is 11.3 Å². The molecule has 0 unspecified atom stereocenters. The van der Waals surface area contributed by atoms with E-state index in [-0.39, 0.29) is 11.0 Å². The first-order chi connectivity index (χ1) is 15.5. The lowest BCUT2D eigenvalue weighted by Gasteiger charge is -2.10. The number of hydrogen-bond acceptors (Lipinski definition) is 5. The third-order valence-corrected chi connectivity index (χ3v) is 5.21. The van der Waals surface area contributed by atoms with Crippen LogP contribution in [0.5, 0.6) is 5.75 Å².